The molecule has 0 radical (unpaired) electrons. The molecule has 0 saturated carbocycles. The number of hydrogen-bond donors (Lipinski definition) is 1. The summed E-state index contributed by atoms with van der Waals surface area (Å²) in [5.41, 5.74) is 7.24. The molecule has 0 aliphatic carbocycles. The molecule has 0 spiro atoms. The lowest BCUT2D eigenvalue weighted by molar-refractivity contribution is -0.0498. The van der Waals surface area contributed by atoms with Gasteiger partial charge in [0.15, 0.2) is 0 Å². The summed E-state index contributed by atoms with van der Waals surface area (Å²) in [4.78, 5) is 2.43. The fourth-order valence-electron chi connectivity index (χ4n) is 2.46. The Morgan fingerprint density at radius 1 is 1.32 bits per heavy atom. The van der Waals surface area contributed by atoms with Crippen LogP contribution >= 0.6 is 0 Å². The van der Waals surface area contributed by atoms with E-state index >= 15 is 0 Å². The lowest BCUT2D eigenvalue weighted by Crippen LogP contribution is -2.50. The van der Waals surface area contributed by atoms with Gasteiger partial charge < -0.3 is 15.2 Å². The van der Waals surface area contributed by atoms with Crippen molar-refractivity contribution in [3.05, 3.63) is 29.8 Å². The van der Waals surface area contributed by atoms with E-state index in [0.29, 0.717) is 6.04 Å². The molecule has 106 valence electrons. The first-order valence-corrected chi connectivity index (χ1v) is 6.87. The molecule has 0 bridgehead atoms. The molecule has 1 aromatic carbocycles. The van der Waals surface area contributed by atoms with Crippen LogP contribution in [-0.2, 0) is 4.74 Å². The van der Waals surface area contributed by atoms with E-state index in [2.05, 4.69) is 24.0 Å². The van der Waals surface area contributed by atoms with Crippen LogP contribution in [0.25, 0.3) is 0 Å². The number of methoxy groups -OCH3 is 1. The second kappa shape index (κ2) is 6.37. The smallest absolute Gasteiger partial charge is 0.118 e. The molecule has 1 aliphatic heterocycles. The average Bonchev–Trinajstić information content (AvgIpc) is 2.46. The number of benzene rings is 1. The molecule has 1 aliphatic rings. The summed E-state index contributed by atoms with van der Waals surface area (Å²) in [6.07, 6.45) is 0.134. The zero-order chi connectivity index (χ0) is 13.8. The minimum atomic E-state index is 0.0749. The third kappa shape index (κ3) is 3.47. The standard InChI is InChI=1S/C15H24N2O2/c1-11(16)15-10-17(8-9-19-15)12(2)13-4-6-14(18-3)7-5-13/h4-7,11-12,15H,8-10,16H2,1-3H3. The highest BCUT2D eigenvalue weighted by molar-refractivity contribution is 5.28. The highest BCUT2D eigenvalue weighted by Crippen LogP contribution is 2.24. The Morgan fingerprint density at radius 3 is 2.58 bits per heavy atom. The van der Waals surface area contributed by atoms with Crippen LogP contribution in [0.3, 0.4) is 0 Å². The topological polar surface area (TPSA) is 47.7 Å². The van der Waals surface area contributed by atoms with Crippen LogP contribution in [0, 0.1) is 0 Å². The monoisotopic (exact) mass is 264 g/mol. The van der Waals surface area contributed by atoms with Gasteiger partial charge in [-0.05, 0) is 31.5 Å². The third-order valence-electron chi connectivity index (χ3n) is 3.86. The highest BCUT2D eigenvalue weighted by Gasteiger charge is 2.26. The van der Waals surface area contributed by atoms with Gasteiger partial charge in [-0.1, -0.05) is 12.1 Å². The highest BCUT2D eigenvalue weighted by atomic mass is 16.5. The van der Waals surface area contributed by atoms with E-state index in [4.69, 9.17) is 15.2 Å². The van der Waals surface area contributed by atoms with E-state index in [1.165, 1.54) is 5.56 Å². The molecule has 4 heteroatoms. The molecule has 3 atom stereocenters. The van der Waals surface area contributed by atoms with Crippen molar-refractivity contribution in [1.29, 1.82) is 0 Å². The summed E-state index contributed by atoms with van der Waals surface area (Å²) in [6.45, 7) is 6.84. The summed E-state index contributed by atoms with van der Waals surface area (Å²) in [7, 11) is 1.69. The molecule has 1 heterocycles. The summed E-state index contributed by atoms with van der Waals surface area (Å²) in [6, 6.07) is 8.71. The van der Waals surface area contributed by atoms with Crippen LogP contribution in [0.5, 0.6) is 5.75 Å². The largest absolute Gasteiger partial charge is 0.497 e. The van der Waals surface area contributed by atoms with Crippen molar-refractivity contribution in [3.63, 3.8) is 0 Å². The van der Waals surface area contributed by atoms with Crippen LogP contribution < -0.4 is 10.5 Å². The first kappa shape index (κ1) is 14.3. The van der Waals surface area contributed by atoms with Gasteiger partial charge in [0.05, 0.1) is 19.8 Å². The van der Waals surface area contributed by atoms with Crippen molar-refractivity contribution in [2.75, 3.05) is 26.8 Å². The Morgan fingerprint density at radius 2 is 2.00 bits per heavy atom. The molecule has 2 rings (SSSR count). The molecule has 19 heavy (non-hydrogen) atoms. The number of nitrogens with zero attached hydrogens (tertiary/aromatic N) is 1. The maximum atomic E-state index is 5.94. The van der Waals surface area contributed by atoms with E-state index in [1.54, 1.807) is 7.11 Å². The molecule has 0 amide bonds. The van der Waals surface area contributed by atoms with Crippen LogP contribution in [0.1, 0.15) is 25.5 Å². The van der Waals surface area contributed by atoms with Crippen LogP contribution in [0.15, 0.2) is 24.3 Å². The fraction of sp³-hybridized carbons (Fsp3) is 0.600. The number of rotatable bonds is 4. The van der Waals surface area contributed by atoms with Gasteiger partial charge in [-0.25, -0.2) is 0 Å². The van der Waals surface area contributed by atoms with Crippen LogP contribution in [-0.4, -0.2) is 43.9 Å². The van der Waals surface area contributed by atoms with Gasteiger partial charge in [-0.3, -0.25) is 4.90 Å². The molecular weight excluding hydrogens is 240 g/mol. The zero-order valence-electron chi connectivity index (χ0n) is 12.0. The van der Waals surface area contributed by atoms with Crippen molar-refractivity contribution >= 4 is 0 Å². The van der Waals surface area contributed by atoms with E-state index in [9.17, 15) is 0 Å². The lowest BCUT2D eigenvalue weighted by atomic mass is 10.0. The number of hydrogen-bond acceptors (Lipinski definition) is 4. The van der Waals surface area contributed by atoms with Crippen LogP contribution in [0.2, 0.25) is 0 Å². The van der Waals surface area contributed by atoms with Crippen LogP contribution in [0.4, 0.5) is 0 Å². The van der Waals surface area contributed by atoms with Gasteiger partial charge in [0.25, 0.3) is 0 Å². The first-order valence-electron chi connectivity index (χ1n) is 6.87. The number of morpholine rings is 1. The Bertz CT molecular complexity index is 392. The molecule has 0 aromatic heterocycles. The first-order chi connectivity index (χ1) is 9.11. The van der Waals surface area contributed by atoms with Gasteiger partial charge in [0.2, 0.25) is 0 Å². The predicted octanol–water partition coefficient (Wildman–Crippen LogP) is 1.80. The maximum absolute atomic E-state index is 5.94. The third-order valence-corrected chi connectivity index (χ3v) is 3.86. The molecule has 1 fully saturated rings. The summed E-state index contributed by atoms with van der Waals surface area (Å²) >= 11 is 0. The Hall–Kier alpha value is -1.10. The quantitative estimate of drug-likeness (QED) is 0.901. The number of nitrogens with two attached hydrogens (primary N) is 1. The van der Waals surface area contributed by atoms with Crippen molar-refractivity contribution in [1.82, 2.24) is 4.90 Å². The minimum absolute atomic E-state index is 0.0749. The lowest BCUT2D eigenvalue weighted by Gasteiger charge is -2.38. The average molecular weight is 264 g/mol. The van der Waals surface area contributed by atoms with Gasteiger partial charge in [-0.2, -0.15) is 0 Å². The van der Waals surface area contributed by atoms with Crippen molar-refractivity contribution < 1.29 is 9.47 Å². The van der Waals surface area contributed by atoms with E-state index in [-0.39, 0.29) is 12.1 Å². The molecule has 1 saturated heterocycles. The zero-order valence-corrected chi connectivity index (χ0v) is 12.0. The predicted molar refractivity (Wildman–Crippen MR) is 76.4 cm³/mol. The van der Waals surface area contributed by atoms with Gasteiger partial charge in [0, 0.05) is 25.2 Å². The summed E-state index contributed by atoms with van der Waals surface area (Å²) in [5.74, 6) is 0.895. The summed E-state index contributed by atoms with van der Waals surface area (Å²) in [5, 5.41) is 0. The SMILES string of the molecule is COc1ccc(C(C)N2CCOC(C(C)N)C2)cc1. The second-order valence-electron chi connectivity index (χ2n) is 5.21. The molecule has 4 nitrogen and oxygen atoms in total. The minimum Gasteiger partial charge on any atom is -0.497 e. The molecule has 2 N–H and O–H groups in total. The Balaban J connectivity index is 2.03. The fourth-order valence-corrected chi connectivity index (χ4v) is 2.46. The Labute approximate surface area is 115 Å². The van der Waals surface area contributed by atoms with Crippen molar-refractivity contribution in [3.8, 4) is 5.75 Å². The number of ether oxygens (including phenoxy) is 2. The van der Waals surface area contributed by atoms with Gasteiger partial charge in [0.1, 0.15) is 5.75 Å². The van der Waals surface area contributed by atoms with E-state index in [0.717, 1.165) is 25.4 Å². The molecule has 3 unspecified atom stereocenters. The molecule has 1 aromatic rings. The molecular formula is C15H24N2O2. The van der Waals surface area contributed by atoms with Crippen molar-refractivity contribution in [2.24, 2.45) is 5.73 Å². The van der Waals surface area contributed by atoms with Crippen molar-refractivity contribution in [2.45, 2.75) is 32.0 Å². The summed E-state index contributed by atoms with van der Waals surface area (Å²) < 4.78 is 10.9. The normalized spacial score (nSPS) is 23.9. The maximum Gasteiger partial charge on any atom is 0.118 e. The Kier molecular flexibility index (Phi) is 4.80. The second-order valence-corrected chi connectivity index (χ2v) is 5.21. The van der Waals surface area contributed by atoms with Gasteiger partial charge >= 0.3 is 0 Å². The van der Waals surface area contributed by atoms with E-state index in [1.807, 2.05) is 19.1 Å². The van der Waals surface area contributed by atoms with Gasteiger partial charge in [-0.15, -0.1) is 0 Å². The van der Waals surface area contributed by atoms with E-state index < -0.39 is 0 Å².